The number of aromatic hydroxyl groups is 1. The first-order valence-electron chi connectivity index (χ1n) is 18.1. The van der Waals surface area contributed by atoms with Gasteiger partial charge in [-0.1, -0.05) is 18.1 Å². The molecule has 5 aromatic rings. The Hall–Kier alpha value is -5.81. The lowest BCUT2D eigenvalue weighted by molar-refractivity contribution is -0.129. The number of terminal acetylenes is 1. The average molecular weight is 752 g/mol. The van der Waals surface area contributed by atoms with Gasteiger partial charge in [-0.25, -0.2) is 17.6 Å². The van der Waals surface area contributed by atoms with Gasteiger partial charge in [-0.05, 0) is 68.4 Å². The molecule has 0 aliphatic carbocycles. The number of carbonyl (C=O) groups excluding carboxylic acids is 1. The lowest BCUT2D eigenvalue weighted by atomic mass is 9.95. The van der Waals surface area contributed by atoms with Gasteiger partial charge in [0.05, 0.1) is 28.2 Å². The molecule has 14 heteroatoms. The molecule has 0 bridgehead atoms. The molecule has 3 aliphatic rings. The second-order valence-electron chi connectivity index (χ2n) is 14.5. The molecule has 282 valence electrons. The van der Waals surface area contributed by atoms with Gasteiger partial charge in [0.2, 0.25) is 0 Å². The van der Waals surface area contributed by atoms with Gasteiger partial charge in [-0.2, -0.15) is 9.97 Å². The van der Waals surface area contributed by atoms with Crippen molar-refractivity contribution in [3.05, 3.63) is 83.6 Å². The number of halogens is 4. The fourth-order valence-electron chi connectivity index (χ4n) is 8.62. The van der Waals surface area contributed by atoms with Gasteiger partial charge in [-0.3, -0.25) is 19.7 Å². The van der Waals surface area contributed by atoms with E-state index in [9.17, 15) is 18.7 Å². The van der Waals surface area contributed by atoms with E-state index in [1.807, 2.05) is 0 Å². The number of benzene rings is 2. The second-order valence-corrected chi connectivity index (χ2v) is 14.5. The van der Waals surface area contributed by atoms with Gasteiger partial charge in [0.25, 0.3) is 5.91 Å². The number of ether oxygens (including phenoxy) is 1. The number of aromatic nitrogens is 4. The Balaban J connectivity index is 1.20. The molecule has 55 heavy (non-hydrogen) atoms. The summed E-state index contributed by atoms with van der Waals surface area (Å²) in [6, 6.07) is 9.18. The fourth-order valence-corrected chi connectivity index (χ4v) is 8.62. The van der Waals surface area contributed by atoms with E-state index in [1.54, 1.807) is 37.1 Å². The zero-order valence-corrected chi connectivity index (χ0v) is 30.1. The number of hydrogen-bond acceptors (Lipinski definition) is 9. The van der Waals surface area contributed by atoms with Crippen molar-refractivity contribution in [3.63, 3.8) is 0 Å². The number of phenols is 1. The van der Waals surface area contributed by atoms with Crippen molar-refractivity contribution in [1.29, 1.82) is 0 Å². The van der Waals surface area contributed by atoms with Crippen LogP contribution in [-0.2, 0) is 4.79 Å². The third-order valence-corrected chi connectivity index (χ3v) is 11.3. The Kier molecular flexibility index (Phi) is 9.29. The average Bonchev–Trinajstić information content (AvgIpc) is 3.84. The maximum absolute atomic E-state index is 17.1. The molecule has 1 amide bonds. The Bertz CT molecular complexity index is 2410. The van der Waals surface area contributed by atoms with Crippen LogP contribution in [0.15, 0.2) is 60.7 Å². The molecule has 3 saturated heterocycles. The number of anilines is 1. The number of carbonyl (C=O) groups is 1. The zero-order valence-electron chi connectivity index (χ0n) is 30.1. The summed E-state index contributed by atoms with van der Waals surface area (Å²) in [6.07, 6.45) is 11.0. The second kappa shape index (κ2) is 14.1. The number of likely N-dealkylation sites (N-methyl/N-ethyl adjacent to an activating group) is 1. The van der Waals surface area contributed by atoms with Gasteiger partial charge in [-0.15, -0.1) is 6.42 Å². The van der Waals surface area contributed by atoms with Gasteiger partial charge in [0, 0.05) is 62.0 Å². The molecule has 3 aromatic heterocycles. The van der Waals surface area contributed by atoms with E-state index in [2.05, 4.69) is 25.8 Å². The van der Waals surface area contributed by atoms with E-state index < -0.39 is 47.2 Å². The molecule has 2 aromatic carbocycles. The summed E-state index contributed by atoms with van der Waals surface area (Å²) in [5.74, 6) is -0.973. The molecular weight excluding hydrogens is 714 g/mol. The smallest absolute Gasteiger partial charge is 0.319 e. The summed E-state index contributed by atoms with van der Waals surface area (Å²) in [7, 11) is 1.74. The number of hydrogen-bond donors (Lipinski definition) is 1. The number of rotatable bonds is 8. The molecule has 1 N–H and O–H groups in total. The highest BCUT2D eigenvalue weighted by Crippen LogP contribution is 2.42. The number of alkyl halides is 1. The van der Waals surface area contributed by atoms with Crippen molar-refractivity contribution in [1.82, 2.24) is 29.7 Å². The predicted octanol–water partition coefficient (Wildman–Crippen LogP) is 6.60. The minimum absolute atomic E-state index is 0.0534. The number of fused-ring (bicyclic) bond motifs is 3. The van der Waals surface area contributed by atoms with Crippen molar-refractivity contribution < 1.29 is 32.2 Å². The molecule has 4 atom stereocenters. The van der Waals surface area contributed by atoms with Crippen LogP contribution in [0.4, 0.5) is 23.4 Å². The van der Waals surface area contributed by atoms with E-state index in [4.69, 9.17) is 16.1 Å². The van der Waals surface area contributed by atoms with E-state index in [0.717, 1.165) is 25.5 Å². The van der Waals surface area contributed by atoms with Crippen LogP contribution in [0.25, 0.3) is 39.0 Å². The summed E-state index contributed by atoms with van der Waals surface area (Å²) in [4.78, 5) is 36.4. The summed E-state index contributed by atoms with van der Waals surface area (Å²) < 4.78 is 68.1. The number of nitrogens with zero attached hydrogens (tertiary/aromatic N) is 7. The highest BCUT2D eigenvalue weighted by Gasteiger charge is 2.49. The van der Waals surface area contributed by atoms with Crippen LogP contribution in [0.3, 0.4) is 0 Å². The Morgan fingerprint density at radius 1 is 1.18 bits per heavy atom. The molecule has 10 nitrogen and oxygen atoms in total. The maximum atomic E-state index is 17.1. The van der Waals surface area contributed by atoms with E-state index in [-0.39, 0.29) is 63.8 Å². The van der Waals surface area contributed by atoms with Crippen LogP contribution in [-0.4, -0.2) is 97.8 Å². The largest absolute Gasteiger partial charge is 0.508 e. The molecule has 8 rings (SSSR count). The van der Waals surface area contributed by atoms with Crippen LogP contribution in [0.1, 0.15) is 43.9 Å². The normalized spacial score (nSPS) is 22.7. The summed E-state index contributed by atoms with van der Waals surface area (Å²) in [5, 5.41) is 11.4. The van der Waals surface area contributed by atoms with Crippen LogP contribution < -0.4 is 9.64 Å². The SMILES string of the molecule is C#Cc1c(F)ccc2cc(O)cc(-c3ncc4c(N(C)C5CCN(C(=O)/C(F)=C/c6ccccn6)[C@H]5C)nc(OC[C@@]56CCCN5C[C@H](F)C6)nc4c3F)c12. The summed E-state index contributed by atoms with van der Waals surface area (Å²) >= 11 is 0. The lowest BCUT2D eigenvalue weighted by Crippen LogP contribution is -2.44. The summed E-state index contributed by atoms with van der Waals surface area (Å²) in [5.41, 5.74) is -0.725. The van der Waals surface area contributed by atoms with Crippen LogP contribution >= 0.6 is 0 Å². The Morgan fingerprint density at radius 2 is 2.02 bits per heavy atom. The minimum Gasteiger partial charge on any atom is -0.508 e. The Labute approximate surface area is 314 Å². The topological polar surface area (TPSA) is 108 Å². The van der Waals surface area contributed by atoms with E-state index in [0.29, 0.717) is 30.5 Å². The molecule has 0 radical (unpaired) electrons. The fraction of sp³-hybridized carbons (Fsp3) is 0.341. The zero-order chi connectivity index (χ0) is 38.6. The molecule has 6 heterocycles. The van der Waals surface area contributed by atoms with E-state index >= 15 is 8.78 Å². The number of amides is 1. The third-order valence-electron chi connectivity index (χ3n) is 11.3. The van der Waals surface area contributed by atoms with Crippen LogP contribution in [0.5, 0.6) is 11.8 Å². The monoisotopic (exact) mass is 751 g/mol. The molecule has 0 saturated carbocycles. The van der Waals surface area contributed by atoms with Crippen molar-refractivity contribution in [2.24, 2.45) is 0 Å². The molecule has 3 fully saturated rings. The highest BCUT2D eigenvalue weighted by atomic mass is 19.1. The molecular formula is C41H37F4N7O3. The van der Waals surface area contributed by atoms with Crippen LogP contribution in [0.2, 0.25) is 0 Å². The third kappa shape index (κ3) is 6.36. The quantitative estimate of drug-likeness (QED) is 0.107. The Morgan fingerprint density at radius 3 is 2.80 bits per heavy atom. The molecule has 0 spiro atoms. The molecule has 1 unspecified atom stereocenters. The van der Waals surface area contributed by atoms with Gasteiger partial charge in [0.1, 0.15) is 41.4 Å². The number of phenolic OH excluding ortho intramolecular Hbond substituents is 1. The first kappa shape index (κ1) is 36.2. The number of likely N-dealkylation sites (tertiary alicyclic amines) is 1. The summed E-state index contributed by atoms with van der Waals surface area (Å²) in [6.45, 7) is 3.17. The number of pyridine rings is 2. The van der Waals surface area contributed by atoms with E-state index in [1.165, 1.54) is 41.6 Å². The standard InChI is InChI=1S/C41H37F4N7O3/c1-4-28-31(43)10-9-24-16-27(53)18-29(34(24)28)36-35(45)37-30(20-47-36)38(49-40(48-37)55-22-41-12-7-14-51(41)21-25(42)19-41)50(3)33-11-15-52(23(33)2)39(54)32(44)17-26-8-5-6-13-46-26/h1,5-6,8-10,13,16-18,20,23,25,33,53H,7,11-12,14-15,19,21-22H2,2-3H3/b32-17-/t23-,25+,33?,41-/m0/s1. The van der Waals surface area contributed by atoms with Crippen LogP contribution in [0, 0.1) is 24.0 Å². The van der Waals surface area contributed by atoms with Crippen molar-refractivity contribution in [2.75, 3.05) is 38.2 Å². The van der Waals surface area contributed by atoms with Crippen molar-refractivity contribution in [2.45, 2.75) is 56.4 Å². The van der Waals surface area contributed by atoms with Crippen molar-refractivity contribution >= 4 is 39.5 Å². The lowest BCUT2D eigenvalue weighted by Gasteiger charge is -2.33. The minimum atomic E-state index is -0.998. The first-order valence-corrected chi connectivity index (χ1v) is 18.1. The van der Waals surface area contributed by atoms with Gasteiger partial charge >= 0.3 is 6.01 Å². The van der Waals surface area contributed by atoms with Gasteiger partial charge in [0.15, 0.2) is 11.6 Å². The molecule has 3 aliphatic heterocycles. The van der Waals surface area contributed by atoms with Crippen molar-refractivity contribution in [3.8, 4) is 35.4 Å². The predicted molar refractivity (Wildman–Crippen MR) is 200 cm³/mol. The first-order chi connectivity index (χ1) is 26.5. The van der Waals surface area contributed by atoms with Gasteiger partial charge < -0.3 is 19.6 Å². The highest BCUT2D eigenvalue weighted by molar-refractivity contribution is 6.03. The maximum Gasteiger partial charge on any atom is 0.319 e.